The quantitative estimate of drug-likeness (QED) is 0.877. The lowest BCUT2D eigenvalue weighted by molar-refractivity contribution is 0.179. The number of H-pyrrole nitrogens is 1. The molecule has 2 amide bonds. The summed E-state index contributed by atoms with van der Waals surface area (Å²) in [6.07, 6.45) is 2.97. The predicted molar refractivity (Wildman–Crippen MR) is 87.2 cm³/mol. The Kier molecular flexibility index (Phi) is 4.50. The molecule has 0 atom stereocenters. The number of pyridine rings is 1. The first-order chi connectivity index (χ1) is 11.6. The molecule has 9 nitrogen and oxygen atoms in total. The van der Waals surface area contributed by atoms with Gasteiger partial charge in [-0.15, -0.1) is 0 Å². The maximum atomic E-state index is 12.4. The number of nitrogens with one attached hydrogen (secondary N) is 2. The second-order valence-corrected chi connectivity index (χ2v) is 5.67. The number of rotatable bonds is 3. The Balaban J connectivity index is 1.61. The number of methoxy groups -OCH3 is 1. The van der Waals surface area contributed by atoms with Gasteiger partial charge in [0.15, 0.2) is 0 Å². The second-order valence-electron chi connectivity index (χ2n) is 5.67. The fourth-order valence-corrected chi connectivity index (χ4v) is 2.85. The van der Waals surface area contributed by atoms with Crippen LogP contribution in [-0.4, -0.2) is 50.9 Å². The van der Waals surface area contributed by atoms with Crippen LogP contribution >= 0.6 is 0 Å². The van der Waals surface area contributed by atoms with Crippen LogP contribution < -0.4 is 15.7 Å². The number of ether oxygens (including phenoxy) is 1. The highest BCUT2D eigenvalue weighted by Crippen LogP contribution is 2.23. The van der Waals surface area contributed by atoms with E-state index in [1.807, 2.05) is 0 Å². The number of aromatic amines is 1. The van der Waals surface area contributed by atoms with E-state index in [1.165, 1.54) is 11.8 Å². The normalized spacial score (nSPS) is 15.3. The molecule has 1 aliphatic rings. The Morgan fingerprint density at radius 1 is 1.42 bits per heavy atom. The van der Waals surface area contributed by atoms with Crippen molar-refractivity contribution in [2.45, 2.75) is 25.8 Å². The summed E-state index contributed by atoms with van der Waals surface area (Å²) in [6, 6.07) is 3.28. The van der Waals surface area contributed by atoms with Crippen LogP contribution in [0.25, 0.3) is 0 Å². The number of aryl methyl sites for hydroxylation is 1. The molecule has 3 rings (SSSR count). The molecule has 0 aromatic carbocycles. The van der Waals surface area contributed by atoms with E-state index in [0.717, 1.165) is 0 Å². The average Bonchev–Trinajstić information content (AvgIpc) is 2.94. The predicted octanol–water partition coefficient (Wildman–Crippen LogP) is 1.15. The SMILES string of the molecule is COc1ncccc1NC(=O)N1CCC(n2nc(C)[nH]c2=O)CC1. The first kappa shape index (κ1) is 16.0. The van der Waals surface area contributed by atoms with E-state index >= 15 is 0 Å². The molecule has 3 heterocycles. The van der Waals surface area contributed by atoms with E-state index in [0.29, 0.717) is 43.3 Å². The Labute approximate surface area is 138 Å². The molecule has 0 radical (unpaired) electrons. The van der Waals surface area contributed by atoms with Gasteiger partial charge >= 0.3 is 11.7 Å². The molecule has 0 bridgehead atoms. The van der Waals surface area contributed by atoms with Crippen molar-refractivity contribution in [1.29, 1.82) is 0 Å². The van der Waals surface area contributed by atoms with Gasteiger partial charge in [-0.1, -0.05) is 0 Å². The molecule has 0 saturated carbocycles. The molecule has 0 aliphatic carbocycles. The number of likely N-dealkylation sites (tertiary alicyclic amines) is 1. The number of anilines is 1. The minimum atomic E-state index is -0.203. The smallest absolute Gasteiger partial charge is 0.343 e. The molecule has 1 aliphatic heterocycles. The van der Waals surface area contributed by atoms with Crippen LogP contribution in [0.2, 0.25) is 0 Å². The number of carbonyl (C=O) groups excluding carboxylic acids is 1. The van der Waals surface area contributed by atoms with E-state index < -0.39 is 0 Å². The molecule has 2 aromatic heterocycles. The average molecular weight is 332 g/mol. The molecule has 2 aromatic rings. The van der Waals surface area contributed by atoms with Gasteiger partial charge in [0.2, 0.25) is 5.88 Å². The summed E-state index contributed by atoms with van der Waals surface area (Å²) in [7, 11) is 1.51. The van der Waals surface area contributed by atoms with Crippen molar-refractivity contribution >= 4 is 11.7 Å². The first-order valence-corrected chi connectivity index (χ1v) is 7.79. The summed E-state index contributed by atoms with van der Waals surface area (Å²) in [5, 5.41) is 7.01. The highest BCUT2D eigenvalue weighted by molar-refractivity contribution is 5.90. The number of piperidine rings is 1. The zero-order chi connectivity index (χ0) is 17.1. The summed E-state index contributed by atoms with van der Waals surface area (Å²) in [6.45, 7) is 2.86. The molecule has 9 heteroatoms. The van der Waals surface area contributed by atoms with E-state index in [4.69, 9.17) is 4.74 Å². The lowest BCUT2D eigenvalue weighted by Gasteiger charge is -2.31. The van der Waals surface area contributed by atoms with E-state index in [2.05, 4.69) is 20.4 Å². The Morgan fingerprint density at radius 3 is 2.79 bits per heavy atom. The maximum absolute atomic E-state index is 12.4. The van der Waals surface area contributed by atoms with Gasteiger partial charge in [0.05, 0.1) is 13.2 Å². The number of hydrogen-bond donors (Lipinski definition) is 2. The van der Waals surface area contributed by atoms with Crippen LogP contribution in [0.3, 0.4) is 0 Å². The van der Waals surface area contributed by atoms with Gasteiger partial charge < -0.3 is 15.0 Å². The van der Waals surface area contributed by atoms with Crippen LogP contribution in [-0.2, 0) is 0 Å². The topological polar surface area (TPSA) is 105 Å². The minimum absolute atomic E-state index is 0.0134. The van der Waals surface area contributed by atoms with Crippen molar-refractivity contribution in [1.82, 2.24) is 24.6 Å². The standard InChI is InChI=1S/C15H20N6O3/c1-10-17-15(23)21(19-10)11-5-8-20(9-6-11)14(22)18-12-4-3-7-16-13(12)24-2/h3-4,7,11H,5-6,8-9H2,1-2H3,(H,18,22)(H,17,19,23). The third-order valence-electron chi connectivity index (χ3n) is 4.06. The molecule has 128 valence electrons. The maximum Gasteiger partial charge on any atom is 0.343 e. The van der Waals surface area contributed by atoms with E-state index in [-0.39, 0.29) is 17.8 Å². The summed E-state index contributed by atoms with van der Waals surface area (Å²) in [4.78, 5) is 32.6. The molecule has 0 spiro atoms. The highest BCUT2D eigenvalue weighted by Gasteiger charge is 2.26. The highest BCUT2D eigenvalue weighted by atomic mass is 16.5. The Morgan fingerprint density at radius 2 is 2.17 bits per heavy atom. The summed E-state index contributed by atoms with van der Waals surface area (Å²) < 4.78 is 6.61. The summed E-state index contributed by atoms with van der Waals surface area (Å²) in [5.41, 5.74) is 0.335. The van der Waals surface area contributed by atoms with Crippen LogP contribution in [0.15, 0.2) is 23.1 Å². The van der Waals surface area contributed by atoms with E-state index in [1.54, 1.807) is 30.2 Å². The first-order valence-electron chi connectivity index (χ1n) is 7.79. The van der Waals surface area contributed by atoms with Gasteiger partial charge in [-0.2, -0.15) is 5.10 Å². The van der Waals surface area contributed by atoms with Gasteiger partial charge in [-0.05, 0) is 31.9 Å². The van der Waals surface area contributed by atoms with Gasteiger partial charge in [0.1, 0.15) is 11.5 Å². The van der Waals surface area contributed by atoms with Crippen molar-refractivity contribution < 1.29 is 9.53 Å². The van der Waals surface area contributed by atoms with Crippen molar-refractivity contribution in [3.05, 3.63) is 34.6 Å². The largest absolute Gasteiger partial charge is 0.480 e. The van der Waals surface area contributed by atoms with Crippen LogP contribution in [0.5, 0.6) is 5.88 Å². The van der Waals surface area contributed by atoms with Gasteiger partial charge in [0.25, 0.3) is 0 Å². The number of urea groups is 1. The fraction of sp³-hybridized carbons (Fsp3) is 0.467. The molecule has 1 fully saturated rings. The molecule has 1 saturated heterocycles. The molecular formula is C15H20N6O3. The molecular weight excluding hydrogens is 312 g/mol. The van der Waals surface area contributed by atoms with Crippen LogP contribution in [0.1, 0.15) is 24.7 Å². The number of hydrogen-bond acceptors (Lipinski definition) is 5. The zero-order valence-electron chi connectivity index (χ0n) is 13.7. The number of amides is 2. The zero-order valence-corrected chi connectivity index (χ0v) is 13.7. The molecule has 2 N–H and O–H groups in total. The fourth-order valence-electron chi connectivity index (χ4n) is 2.85. The third kappa shape index (κ3) is 3.24. The van der Waals surface area contributed by atoms with Crippen molar-refractivity contribution in [3.8, 4) is 5.88 Å². The lowest BCUT2D eigenvalue weighted by Crippen LogP contribution is -2.42. The second kappa shape index (κ2) is 6.73. The minimum Gasteiger partial charge on any atom is -0.480 e. The molecule has 24 heavy (non-hydrogen) atoms. The number of nitrogens with zero attached hydrogens (tertiary/aromatic N) is 4. The summed E-state index contributed by atoms with van der Waals surface area (Å²) >= 11 is 0. The number of carbonyl (C=O) groups is 1. The van der Waals surface area contributed by atoms with E-state index in [9.17, 15) is 9.59 Å². The monoisotopic (exact) mass is 332 g/mol. The third-order valence-corrected chi connectivity index (χ3v) is 4.06. The summed E-state index contributed by atoms with van der Waals surface area (Å²) in [5.74, 6) is 0.975. The van der Waals surface area contributed by atoms with Crippen LogP contribution in [0.4, 0.5) is 10.5 Å². The Hall–Kier alpha value is -2.84. The van der Waals surface area contributed by atoms with Crippen molar-refractivity contribution in [2.75, 3.05) is 25.5 Å². The Bertz CT molecular complexity index is 776. The van der Waals surface area contributed by atoms with Crippen LogP contribution in [0, 0.1) is 6.92 Å². The molecule has 0 unspecified atom stereocenters. The number of aromatic nitrogens is 4. The van der Waals surface area contributed by atoms with Gasteiger partial charge in [-0.25, -0.2) is 19.3 Å². The van der Waals surface area contributed by atoms with Gasteiger partial charge in [-0.3, -0.25) is 4.98 Å². The van der Waals surface area contributed by atoms with Crippen molar-refractivity contribution in [3.63, 3.8) is 0 Å². The van der Waals surface area contributed by atoms with Crippen molar-refractivity contribution in [2.24, 2.45) is 0 Å². The lowest BCUT2D eigenvalue weighted by atomic mass is 10.1. The van der Waals surface area contributed by atoms with Gasteiger partial charge in [0, 0.05) is 19.3 Å².